The molecule has 13 heteroatoms. The maximum atomic E-state index is 13.9. The number of allylic oxidation sites excluding steroid dienone is 2. The van der Waals surface area contributed by atoms with Gasteiger partial charge in [-0.15, -0.1) is 0 Å². The molecular weight excluding hydrogens is 688 g/mol. The summed E-state index contributed by atoms with van der Waals surface area (Å²) < 4.78 is 23.0. The molecule has 0 unspecified atom stereocenters. The molecule has 53 heavy (non-hydrogen) atoms. The number of ketones is 1. The van der Waals surface area contributed by atoms with Crippen LogP contribution >= 0.6 is 0 Å². The van der Waals surface area contributed by atoms with Crippen LogP contribution in [0.15, 0.2) is 11.6 Å². The summed E-state index contributed by atoms with van der Waals surface area (Å²) in [5.41, 5.74) is 0.289. The van der Waals surface area contributed by atoms with Gasteiger partial charge in [0.2, 0.25) is 0 Å². The minimum atomic E-state index is -1.85. The molecule has 7 rings (SSSR count). The van der Waals surface area contributed by atoms with E-state index in [-0.39, 0.29) is 51.9 Å². The van der Waals surface area contributed by atoms with Crippen molar-refractivity contribution in [3.05, 3.63) is 11.6 Å². The third-order valence-electron chi connectivity index (χ3n) is 16.2. The fourth-order valence-corrected chi connectivity index (χ4v) is 12.9. The Balaban J connectivity index is 1.11. The van der Waals surface area contributed by atoms with E-state index in [1.54, 1.807) is 0 Å². The van der Waals surface area contributed by atoms with Crippen LogP contribution in [0.1, 0.15) is 99.3 Å². The van der Waals surface area contributed by atoms with E-state index in [9.17, 15) is 45.3 Å². The van der Waals surface area contributed by atoms with Crippen LogP contribution in [0.2, 0.25) is 0 Å². The van der Waals surface area contributed by atoms with E-state index in [0.717, 1.165) is 44.9 Å². The lowest BCUT2D eigenvalue weighted by Gasteiger charge is -2.70. The van der Waals surface area contributed by atoms with Crippen LogP contribution in [-0.4, -0.2) is 122 Å². The number of carbonyl (C=O) groups excluding carboxylic acids is 1. The maximum absolute atomic E-state index is 13.9. The van der Waals surface area contributed by atoms with E-state index < -0.39 is 79.4 Å². The zero-order valence-electron chi connectivity index (χ0n) is 32.0. The zero-order chi connectivity index (χ0) is 38.6. The first-order valence-electron chi connectivity index (χ1n) is 19.8. The van der Waals surface area contributed by atoms with Crippen LogP contribution in [0.25, 0.3) is 0 Å². The molecule has 6 fully saturated rings. The van der Waals surface area contributed by atoms with Crippen molar-refractivity contribution >= 4 is 11.8 Å². The van der Waals surface area contributed by atoms with Gasteiger partial charge < -0.3 is 54.7 Å². The van der Waals surface area contributed by atoms with Gasteiger partial charge in [0.25, 0.3) is 0 Å². The Morgan fingerprint density at radius 2 is 1.55 bits per heavy atom. The van der Waals surface area contributed by atoms with Gasteiger partial charge >= 0.3 is 5.97 Å². The zero-order valence-corrected chi connectivity index (χ0v) is 32.0. The van der Waals surface area contributed by atoms with Gasteiger partial charge in [0.05, 0.1) is 19.3 Å². The SMILES string of the molecule is CC1(C)CC[C@@H]2C(=O)C[C@]3(C)C(=CC[C@@H]4[C@@]5(C)CC[C@H](O[C@@H]6O[C@H](C(=O)O)[C@@H](O[C@@H]7OC[C@@H](O)[C@H](O)[C@H]7O)[C@H](O)[C@H]6O)[C@](C)(CO)[C@@H]5CC[C@]43C)[C@@H]2C1. The number of rotatable bonds is 6. The van der Waals surface area contributed by atoms with E-state index in [1.807, 2.05) is 6.92 Å². The largest absolute Gasteiger partial charge is 0.479 e. The van der Waals surface area contributed by atoms with Gasteiger partial charge in [0.15, 0.2) is 18.7 Å². The fourth-order valence-electron chi connectivity index (χ4n) is 12.9. The minimum Gasteiger partial charge on any atom is -0.479 e. The fraction of sp³-hybridized carbons (Fsp3) is 0.900. The Morgan fingerprint density at radius 1 is 0.849 bits per heavy atom. The van der Waals surface area contributed by atoms with Crippen LogP contribution in [-0.2, 0) is 28.5 Å². The monoisotopic (exact) mass is 750 g/mol. The van der Waals surface area contributed by atoms with E-state index in [2.05, 4.69) is 40.7 Å². The Bertz CT molecular complexity index is 1470. The summed E-state index contributed by atoms with van der Waals surface area (Å²) in [6.07, 6.45) is -5.84. The predicted octanol–water partition coefficient (Wildman–Crippen LogP) is 2.31. The van der Waals surface area contributed by atoms with Crippen molar-refractivity contribution in [1.29, 1.82) is 0 Å². The Kier molecular flexibility index (Phi) is 10.2. The summed E-state index contributed by atoms with van der Waals surface area (Å²) in [6, 6.07) is 0. The second kappa shape index (κ2) is 13.6. The molecule has 2 saturated heterocycles. The van der Waals surface area contributed by atoms with Crippen LogP contribution in [0.3, 0.4) is 0 Å². The molecule has 4 saturated carbocycles. The third kappa shape index (κ3) is 6.01. The minimum absolute atomic E-state index is 0.000227. The molecule has 0 spiro atoms. The highest BCUT2D eigenvalue weighted by atomic mass is 16.7. The topological polar surface area (TPSA) is 213 Å². The summed E-state index contributed by atoms with van der Waals surface area (Å²) in [7, 11) is 0. The number of aliphatic carboxylic acids is 1. The number of aliphatic hydroxyl groups excluding tert-OH is 6. The number of Topliss-reactive ketones (excluding diaryl/α,β-unsaturated/α-hetero) is 1. The Hall–Kier alpha value is -1.52. The first-order chi connectivity index (χ1) is 24.7. The number of carbonyl (C=O) groups is 2. The summed E-state index contributed by atoms with van der Waals surface area (Å²) in [5, 5.41) is 73.9. The third-order valence-corrected chi connectivity index (χ3v) is 16.2. The van der Waals surface area contributed by atoms with Gasteiger partial charge in [-0.2, -0.15) is 0 Å². The molecule has 0 aromatic heterocycles. The Labute approximate surface area is 312 Å². The number of hydrogen-bond acceptors (Lipinski definition) is 12. The van der Waals surface area contributed by atoms with E-state index in [1.165, 1.54) is 5.57 Å². The molecule has 300 valence electrons. The van der Waals surface area contributed by atoms with Crippen molar-refractivity contribution in [3.8, 4) is 0 Å². The van der Waals surface area contributed by atoms with Crippen molar-refractivity contribution in [3.63, 3.8) is 0 Å². The van der Waals surface area contributed by atoms with Crippen LogP contribution < -0.4 is 0 Å². The van der Waals surface area contributed by atoms with Gasteiger partial charge in [-0.1, -0.05) is 53.2 Å². The highest BCUT2D eigenvalue weighted by molar-refractivity contribution is 5.85. The lowest BCUT2D eigenvalue weighted by molar-refractivity contribution is -0.356. The van der Waals surface area contributed by atoms with Gasteiger partial charge in [0, 0.05) is 23.2 Å². The lowest BCUT2D eigenvalue weighted by Crippen LogP contribution is -2.67. The molecule has 7 aliphatic rings. The van der Waals surface area contributed by atoms with Gasteiger partial charge in [-0.3, -0.25) is 4.79 Å². The number of fused-ring (bicyclic) bond motifs is 7. The number of hydrogen-bond donors (Lipinski definition) is 7. The van der Waals surface area contributed by atoms with Gasteiger partial charge in [-0.05, 0) is 85.4 Å². The van der Waals surface area contributed by atoms with Crippen LogP contribution in [0, 0.1) is 50.7 Å². The highest BCUT2D eigenvalue weighted by Gasteiger charge is 2.69. The molecule has 0 aromatic rings. The molecule has 0 amide bonds. The molecule has 0 bridgehead atoms. The predicted molar refractivity (Wildman–Crippen MR) is 188 cm³/mol. The molecule has 0 aromatic carbocycles. The molecule has 13 nitrogen and oxygen atoms in total. The standard InChI is InChI=1S/C40H62O13/c1-36(2)12-9-19-20(15-36)21-7-8-25-37(3)13-11-26(38(4,18-41)24(37)10-14-39(25,5)40(21,6)16-22(19)42)51-35-30(47)28(45)31(32(53-35)33(48)49)52-34-29(46)27(44)23(43)17-50-34/h7,19-20,23-32,34-35,41,43-47H,8-18H2,1-6H3,(H,48,49)/t19-,20+,23+,24+,25+,26-,27-,28+,29+,30+,31-,32-,34-,35+,37-,38+,39+,40+/m0/s1. The second-order valence-electron chi connectivity index (χ2n) is 19.5. The first kappa shape index (κ1) is 39.7. The number of carboxylic acid groups (broad SMARTS) is 1. The average Bonchev–Trinajstić information content (AvgIpc) is 3.08. The molecule has 2 aliphatic heterocycles. The number of ether oxygens (including phenoxy) is 4. The van der Waals surface area contributed by atoms with E-state index >= 15 is 0 Å². The quantitative estimate of drug-likeness (QED) is 0.154. The number of aliphatic hydroxyl groups is 6. The van der Waals surface area contributed by atoms with E-state index in [0.29, 0.717) is 18.6 Å². The maximum Gasteiger partial charge on any atom is 0.335 e. The molecule has 5 aliphatic carbocycles. The van der Waals surface area contributed by atoms with Crippen molar-refractivity contribution in [2.24, 2.45) is 50.7 Å². The summed E-state index contributed by atoms with van der Waals surface area (Å²) in [6.45, 7) is 13.1. The van der Waals surface area contributed by atoms with Crippen LogP contribution in [0.5, 0.6) is 0 Å². The molecule has 18 atom stereocenters. The Morgan fingerprint density at radius 3 is 2.23 bits per heavy atom. The van der Waals surface area contributed by atoms with E-state index in [4.69, 9.17) is 18.9 Å². The molecule has 0 radical (unpaired) electrons. The molecular formula is C40H62O13. The van der Waals surface area contributed by atoms with Crippen molar-refractivity contribution in [2.75, 3.05) is 13.2 Å². The lowest BCUT2D eigenvalue weighted by atomic mass is 9.34. The normalized spacial score (nSPS) is 53.7. The summed E-state index contributed by atoms with van der Waals surface area (Å²) in [4.78, 5) is 26.3. The number of carboxylic acids is 1. The van der Waals surface area contributed by atoms with Gasteiger partial charge in [0.1, 0.15) is 42.4 Å². The summed E-state index contributed by atoms with van der Waals surface area (Å²) in [5.74, 6) is -0.449. The molecule has 2 heterocycles. The van der Waals surface area contributed by atoms with Crippen molar-refractivity contribution in [2.45, 2.75) is 161 Å². The average molecular weight is 751 g/mol. The van der Waals surface area contributed by atoms with Gasteiger partial charge in [-0.25, -0.2) is 4.79 Å². The van der Waals surface area contributed by atoms with Crippen LogP contribution in [0.4, 0.5) is 0 Å². The highest BCUT2D eigenvalue weighted by Crippen LogP contribution is 2.74. The van der Waals surface area contributed by atoms with Crippen molar-refractivity contribution < 1.29 is 64.3 Å². The smallest absolute Gasteiger partial charge is 0.335 e. The molecule has 7 N–H and O–H groups in total. The second-order valence-corrected chi connectivity index (χ2v) is 19.5. The van der Waals surface area contributed by atoms with Crippen molar-refractivity contribution in [1.82, 2.24) is 0 Å². The first-order valence-corrected chi connectivity index (χ1v) is 19.8. The summed E-state index contributed by atoms with van der Waals surface area (Å²) >= 11 is 0.